The molecule has 0 saturated carbocycles. The van der Waals surface area contributed by atoms with Gasteiger partial charge in [-0.25, -0.2) is 0 Å². The quantitative estimate of drug-likeness (QED) is 0.129. The van der Waals surface area contributed by atoms with Crippen LogP contribution >= 0.6 is 0 Å². The maximum atomic E-state index is 12.9. The Morgan fingerprint density at radius 1 is 0.549 bits per heavy atom. The van der Waals surface area contributed by atoms with Crippen molar-refractivity contribution in [1.82, 2.24) is 19.6 Å². The molecule has 20 nitrogen and oxygen atoms in total. The summed E-state index contributed by atoms with van der Waals surface area (Å²) in [6.45, 7) is 7.88. The number of benzene rings is 4. The van der Waals surface area contributed by atoms with E-state index in [1.807, 2.05) is 9.80 Å². The monoisotopic (exact) mass is 982 g/mol. The highest BCUT2D eigenvalue weighted by Crippen LogP contribution is 2.44. The Hall–Kier alpha value is -7.84. The van der Waals surface area contributed by atoms with Crippen LogP contribution in [-0.2, 0) is 9.59 Å². The van der Waals surface area contributed by atoms with Gasteiger partial charge in [-0.2, -0.15) is 0 Å². The fourth-order valence-electron chi connectivity index (χ4n) is 8.25. The van der Waals surface area contributed by atoms with Crippen molar-refractivity contribution in [2.75, 3.05) is 122 Å². The Morgan fingerprint density at radius 3 is 1.39 bits per heavy atom. The summed E-state index contributed by atoms with van der Waals surface area (Å²) in [6.07, 6.45) is 0. The molecule has 71 heavy (non-hydrogen) atoms. The normalized spacial score (nSPS) is 14.2. The third-order valence-corrected chi connectivity index (χ3v) is 12.3. The molecule has 20 heteroatoms. The molecule has 2 fully saturated rings. The van der Waals surface area contributed by atoms with Crippen molar-refractivity contribution in [3.05, 3.63) is 81.1 Å². The minimum atomic E-state index is -0.436. The second-order valence-corrected chi connectivity index (χ2v) is 16.5. The summed E-state index contributed by atoms with van der Waals surface area (Å²) in [5, 5.41) is 21.6. The predicted molar refractivity (Wildman–Crippen MR) is 262 cm³/mol. The second kappa shape index (κ2) is 22.7. The van der Waals surface area contributed by atoms with Crippen molar-refractivity contribution in [3.8, 4) is 80.1 Å². The molecule has 4 heterocycles. The summed E-state index contributed by atoms with van der Waals surface area (Å²) in [5.74, 6) is 2.68. The van der Waals surface area contributed by atoms with E-state index >= 15 is 0 Å². The number of likely N-dealkylation sites (N-methyl/N-ethyl adjacent to an activating group) is 1. The van der Waals surface area contributed by atoms with Gasteiger partial charge in [0.15, 0.2) is 56.9 Å². The molecule has 2 amide bonds. The molecule has 2 aliphatic heterocycles. The van der Waals surface area contributed by atoms with Crippen LogP contribution in [0, 0.1) is 0 Å². The first-order chi connectivity index (χ1) is 34.2. The van der Waals surface area contributed by atoms with Crippen molar-refractivity contribution >= 4 is 33.8 Å². The van der Waals surface area contributed by atoms with Gasteiger partial charge in [0.25, 0.3) is 0 Å². The second-order valence-electron chi connectivity index (χ2n) is 16.5. The molecule has 0 aliphatic carbocycles. The van der Waals surface area contributed by atoms with E-state index in [4.69, 9.17) is 46.7 Å². The molecular formula is C51H58N4O16. The molecule has 2 saturated heterocycles. The van der Waals surface area contributed by atoms with Crippen molar-refractivity contribution in [2.24, 2.45) is 0 Å². The van der Waals surface area contributed by atoms with E-state index < -0.39 is 10.9 Å². The van der Waals surface area contributed by atoms with Crippen LogP contribution in [0.5, 0.6) is 57.5 Å². The molecule has 0 radical (unpaired) electrons. The van der Waals surface area contributed by atoms with Crippen LogP contribution in [0.4, 0.5) is 0 Å². The third kappa shape index (κ3) is 11.3. The standard InChI is InChI=1S/C26H30N2O8.C25H28N2O8/c1-16(29)28-9-7-27(8-10-28)11-12-35-23-15-22-24(25(31)26(23)34-4)18(30)14-20(36-22)17-5-6-19(32-2)21(13-17)33-3;1-26-7-8-27(14-22(26)29)9-10-34-21-13-20-23(24(30)25(21)33-4)16(28)12-18(35-20)15-5-6-17(31-2)19(11-15)32-3/h5-6,13-15,31H,7-12H2,1-4H3;5-6,11-13,30H,7-10,14H2,1-4H3. The largest absolute Gasteiger partial charge is 0.504 e. The average Bonchev–Trinajstić information content (AvgIpc) is 3.37. The molecule has 6 aromatic rings. The molecule has 2 aromatic heterocycles. The zero-order valence-electron chi connectivity index (χ0n) is 41.0. The van der Waals surface area contributed by atoms with Gasteiger partial charge < -0.3 is 66.7 Å². The van der Waals surface area contributed by atoms with Crippen molar-refractivity contribution in [3.63, 3.8) is 0 Å². The molecule has 0 bridgehead atoms. The minimum absolute atomic E-state index is 0.00350. The van der Waals surface area contributed by atoms with E-state index in [1.165, 1.54) is 60.9 Å². The van der Waals surface area contributed by atoms with Gasteiger partial charge in [0.05, 0.1) is 49.2 Å². The van der Waals surface area contributed by atoms with Crippen molar-refractivity contribution in [2.45, 2.75) is 6.92 Å². The number of carbonyl (C=O) groups is 2. The molecule has 2 aliphatic rings. The van der Waals surface area contributed by atoms with Crippen LogP contribution in [0.15, 0.2) is 79.1 Å². The number of methoxy groups -OCH3 is 6. The fourth-order valence-corrected chi connectivity index (χ4v) is 8.25. The molecule has 0 unspecified atom stereocenters. The van der Waals surface area contributed by atoms with E-state index in [0.29, 0.717) is 85.8 Å². The summed E-state index contributed by atoms with van der Waals surface area (Å²) in [4.78, 5) is 57.0. The Balaban J connectivity index is 0.000000209. The number of rotatable bonds is 16. The molecule has 4 aromatic carbocycles. The lowest BCUT2D eigenvalue weighted by Crippen LogP contribution is -2.49. The molecule has 8 rings (SSSR count). The number of fused-ring (bicyclic) bond motifs is 2. The highest BCUT2D eigenvalue weighted by atomic mass is 16.5. The van der Waals surface area contributed by atoms with Gasteiger partial charge in [0.1, 0.15) is 46.7 Å². The number of nitrogens with zero attached hydrogens (tertiary/aromatic N) is 4. The number of amides is 2. The lowest BCUT2D eigenvalue weighted by molar-refractivity contribution is -0.134. The molecule has 0 atom stereocenters. The number of hydrogen-bond acceptors (Lipinski definition) is 18. The zero-order chi connectivity index (χ0) is 50.9. The Morgan fingerprint density at radius 2 is 0.986 bits per heavy atom. The van der Waals surface area contributed by atoms with Crippen LogP contribution < -0.4 is 48.8 Å². The zero-order valence-corrected chi connectivity index (χ0v) is 41.0. The summed E-state index contributed by atoms with van der Waals surface area (Å²) in [7, 11) is 10.7. The highest BCUT2D eigenvalue weighted by molar-refractivity contribution is 5.91. The first kappa shape index (κ1) is 51.0. The van der Waals surface area contributed by atoms with E-state index in [0.717, 1.165) is 19.6 Å². The Bertz CT molecular complexity index is 3020. The average molecular weight is 983 g/mol. The maximum Gasteiger partial charge on any atom is 0.236 e. The van der Waals surface area contributed by atoms with Gasteiger partial charge in [-0.15, -0.1) is 0 Å². The van der Waals surface area contributed by atoms with Gasteiger partial charge in [0, 0.05) is 102 Å². The number of piperazine rings is 2. The van der Waals surface area contributed by atoms with Crippen LogP contribution in [0.1, 0.15) is 6.92 Å². The molecular weight excluding hydrogens is 925 g/mol. The summed E-state index contributed by atoms with van der Waals surface area (Å²) >= 11 is 0. The van der Waals surface area contributed by atoms with Gasteiger partial charge in [-0.1, -0.05) is 0 Å². The molecule has 2 N–H and O–H groups in total. The summed E-state index contributed by atoms with van der Waals surface area (Å²) in [6, 6.07) is 16.0. The topological polar surface area (TPSA) is 222 Å². The number of hydrogen-bond donors (Lipinski definition) is 2. The van der Waals surface area contributed by atoms with Crippen LogP contribution in [-0.4, -0.2) is 163 Å². The fraction of sp³-hybridized carbons (Fsp3) is 0.373. The van der Waals surface area contributed by atoms with E-state index in [9.17, 15) is 29.4 Å². The van der Waals surface area contributed by atoms with Gasteiger partial charge in [-0.3, -0.25) is 29.0 Å². The first-order valence-electron chi connectivity index (χ1n) is 22.6. The smallest absolute Gasteiger partial charge is 0.236 e. The Kier molecular flexibility index (Phi) is 16.3. The maximum absolute atomic E-state index is 12.9. The SMILES string of the molecule is COc1ccc(-c2cc(=O)c3c(O)c(OC)c(OCCN4CCN(C(C)=O)CC4)cc3o2)cc1OC.COc1ccc(-c2cc(=O)c3c(O)c(OC)c(OCCN4CCN(C)C(=O)C4)cc3o2)cc1OC. The molecule has 378 valence electrons. The predicted octanol–water partition coefficient (Wildman–Crippen LogP) is 5.08. The van der Waals surface area contributed by atoms with Crippen molar-refractivity contribution < 1.29 is 66.5 Å². The van der Waals surface area contributed by atoms with E-state index in [-0.39, 0.29) is 80.6 Å². The Labute approximate surface area is 408 Å². The summed E-state index contributed by atoms with van der Waals surface area (Å²) < 4.78 is 55.7. The minimum Gasteiger partial charge on any atom is -0.504 e. The highest BCUT2D eigenvalue weighted by Gasteiger charge is 2.25. The lowest BCUT2D eigenvalue weighted by atomic mass is 10.1. The van der Waals surface area contributed by atoms with E-state index in [2.05, 4.69) is 4.90 Å². The van der Waals surface area contributed by atoms with Crippen molar-refractivity contribution in [1.29, 1.82) is 0 Å². The van der Waals surface area contributed by atoms with Crippen LogP contribution in [0.25, 0.3) is 44.6 Å². The number of ether oxygens (including phenoxy) is 8. The number of carbonyl (C=O) groups excluding carboxylic acids is 2. The molecule has 0 spiro atoms. The number of phenols is 2. The van der Waals surface area contributed by atoms with Gasteiger partial charge in [-0.05, 0) is 36.4 Å². The van der Waals surface area contributed by atoms with Gasteiger partial charge >= 0.3 is 0 Å². The van der Waals surface area contributed by atoms with Crippen LogP contribution in [0.2, 0.25) is 0 Å². The van der Waals surface area contributed by atoms with Gasteiger partial charge in [0.2, 0.25) is 23.3 Å². The van der Waals surface area contributed by atoms with Crippen LogP contribution in [0.3, 0.4) is 0 Å². The summed E-state index contributed by atoms with van der Waals surface area (Å²) in [5.41, 5.74) is 0.648. The van der Waals surface area contributed by atoms with E-state index in [1.54, 1.807) is 61.3 Å². The third-order valence-electron chi connectivity index (χ3n) is 12.3. The first-order valence-corrected chi connectivity index (χ1v) is 22.6. The number of phenolic OH excluding ortho intramolecular Hbond substituents is 2. The number of aromatic hydroxyl groups is 2. The lowest BCUT2D eigenvalue weighted by Gasteiger charge is -2.34.